The third-order valence-corrected chi connectivity index (χ3v) is 1.74. The van der Waals surface area contributed by atoms with Gasteiger partial charge in [-0.15, -0.1) is 6.58 Å². The fourth-order valence-electron chi connectivity index (χ4n) is 0.391. The molecule has 0 aliphatic carbocycles. The molecule has 0 bridgehead atoms. The monoisotopic (exact) mass is 220 g/mol. The molecule has 0 unspecified atom stereocenters. The maximum atomic E-state index is 10.7. The molecule has 0 saturated carbocycles. The Morgan fingerprint density at radius 1 is 1.46 bits per heavy atom. The van der Waals surface area contributed by atoms with Crippen LogP contribution in [0.5, 0.6) is 0 Å². The summed E-state index contributed by atoms with van der Waals surface area (Å²) in [4.78, 5) is 0. The van der Waals surface area contributed by atoms with Gasteiger partial charge in [0.2, 0.25) is 0 Å². The third kappa shape index (κ3) is 10.5. The minimum Gasteiger partial charge on any atom is -1.00 e. The van der Waals surface area contributed by atoms with E-state index in [1.54, 1.807) is 0 Å². The van der Waals surface area contributed by atoms with Gasteiger partial charge in [-0.1, -0.05) is 6.08 Å². The minimum absolute atomic E-state index is 0. The molecule has 13 heavy (non-hydrogen) atoms. The molecule has 7 heteroatoms. The third-order valence-electron chi connectivity index (χ3n) is 0.860. The summed E-state index contributed by atoms with van der Waals surface area (Å²) in [5.74, 6) is 0. The maximum Gasteiger partial charge on any atom is 1.00 e. The van der Waals surface area contributed by atoms with Crippen molar-refractivity contribution < 1.29 is 52.9 Å². The van der Waals surface area contributed by atoms with Crippen LogP contribution in [0.15, 0.2) is 12.7 Å². The Morgan fingerprint density at radius 2 is 2.08 bits per heavy atom. The molecule has 74 valence electrons. The average molecular weight is 220 g/mol. The van der Waals surface area contributed by atoms with E-state index in [9.17, 15) is 8.42 Å². The van der Waals surface area contributed by atoms with Gasteiger partial charge in [0.25, 0.3) is 0 Å². The minimum atomic E-state index is -3.90. The summed E-state index contributed by atoms with van der Waals surface area (Å²) < 4.78 is 30.0. The Hall–Kier alpha value is 0.570. The number of hydrogen-bond acceptors (Lipinski definition) is 5. The molecule has 5 nitrogen and oxygen atoms in total. The van der Waals surface area contributed by atoms with Crippen molar-refractivity contribution >= 4 is 10.4 Å². The molecule has 0 heterocycles. The molecule has 0 saturated heterocycles. The molecule has 0 spiro atoms. The van der Waals surface area contributed by atoms with E-state index < -0.39 is 10.4 Å². The first-order valence-corrected chi connectivity index (χ1v) is 4.71. The van der Waals surface area contributed by atoms with Gasteiger partial charge in [0.1, 0.15) is 0 Å². The molecule has 0 aliphatic heterocycles. The molecule has 1 N–H and O–H groups in total. The van der Waals surface area contributed by atoms with Gasteiger partial charge in [0, 0.05) is 6.61 Å². The van der Waals surface area contributed by atoms with Crippen LogP contribution in [0.2, 0.25) is 0 Å². The number of hydrogen-bond donors (Lipinski definition) is 1. The molecule has 0 aromatic carbocycles. The van der Waals surface area contributed by atoms with Crippen LogP contribution < -0.4 is 29.6 Å². The van der Waals surface area contributed by atoms with Crippen LogP contribution in [-0.4, -0.2) is 33.3 Å². The van der Waals surface area contributed by atoms with Gasteiger partial charge < -0.3 is 6.53 Å². The molecular weight excluding hydrogens is 207 g/mol. The van der Waals surface area contributed by atoms with Gasteiger partial charge in [-0.2, -0.15) is 8.42 Å². The van der Waals surface area contributed by atoms with E-state index in [-0.39, 0.29) is 57.2 Å². The van der Waals surface area contributed by atoms with Crippen molar-refractivity contribution in [3.05, 3.63) is 12.7 Å². The van der Waals surface area contributed by atoms with E-state index in [4.69, 9.17) is 5.11 Å². The van der Waals surface area contributed by atoms with Crippen LogP contribution in [0.4, 0.5) is 0 Å². The summed E-state index contributed by atoms with van der Waals surface area (Å²) in [6, 6.07) is 0. The van der Waals surface area contributed by atoms with Crippen molar-refractivity contribution in [1.29, 1.82) is 0 Å². The smallest absolute Gasteiger partial charge is 1.00 e. The van der Waals surface area contributed by atoms with E-state index in [1.165, 1.54) is 6.08 Å². The molecule has 0 rings (SSSR count). The molecule has 0 radical (unpaired) electrons. The summed E-state index contributed by atoms with van der Waals surface area (Å²) in [7, 11) is -3.90. The van der Waals surface area contributed by atoms with E-state index in [0.29, 0.717) is 0 Å². The van der Waals surface area contributed by atoms with Crippen LogP contribution >= 0.6 is 0 Å². The zero-order chi connectivity index (χ0) is 9.45. The first-order chi connectivity index (χ1) is 5.62. The molecule has 0 amide bonds. The van der Waals surface area contributed by atoms with E-state index in [2.05, 4.69) is 14.9 Å². The summed E-state index contributed by atoms with van der Waals surface area (Å²) in [6.07, 6.45) is 1.56. The van der Waals surface area contributed by atoms with Crippen LogP contribution in [0, 0.1) is 0 Å². The van der Waals surface area contributed by atoms with Crippen molar-refractivity contribution in [2.45, 2.75) is 6.42 Å². The van der Waals surface area contributed by atoms with Crippen LogP contribution in [0.25, 0.3) is 0 Å². The summed E-state index contributed by atoms with van der Waals surface area (Å²) >= 11 is 0. The zero-order valence-electron chi connectivity index (χ0n) is 8.60. The van der Waals surface area contributed by atoms with Crippen LogP contribution in [0.3, 0.4) is 0 Å². The topological polar surface area (TPSA) is 72.8 Å². The predicted molar refractivity (Wildman–Crippen MR) is 43.8 cm³/mol. The molecule has 0 aromatic heterocycles. The van der Waals surface area contributed by atoms with Crippen molar-refractivity contribution in [1.82, 2.24) is 0 Å². The SMILES string of the molecule is C=CCOS(=O)(=O)OCCCO.[H-].[Na+]. The standard InChI is InChI=1S/C6H12O5S.Na.H/c1-2-5-10-12(8,9)11-6-3-4-7;;/h2,7H,1,3-6H2;;/q;+1;-1. The quantitative estimate of drug-likeness (QED) is 0.280. The Labute approximate surface area is 102 Å². The summed E-state index contributed by atoms with van der Waals surface area (Å²) in [5.41, 5.74) is 0. The summed E-state index contributed by atoms with van der Waals surface area (Å²) in [5, 5.41) is 8.31. The van der Waals surface area contributed by atoms with Crippen molar-refractivity contribution in [3.63, 3.8) is 0 Å². The Bertz CT molecular complexity index is 218. The van der Waals surface area contributed by atoms with E-state index in [1.807, 2.05) is 0 Å². The van der Waals surface area contributed by atoms with Crippen molar-refractivity contribution in [2.24, 2.45) is 0 Å². The second-order valence-corrected chi connectivity index (χ2v) is 3.17. The first-order valence-electron chi connectivity index (χ1n) is 3.38. The van der Waals surface area contributed by atoms with E-state index >= 15 is 0 Å². The van der Waals surface area contributed by atoms with E-state index in [0.717, 1.165) is 0 Å². The molecule has 0 aromatic rings. The normalized spacial score (nSPS) is 10.5. The first kappa shape index (κ1) is 16.0. The second kappa shape index (κ2) is 9.14. The van der Waals surface area contributed by atoms with Gasteiger partial charge in [-0.3, -0.25) is 0 Å². The van der Waals surface area contributed by atoms with Crippen molar-refractivity contribution in [2.75, 3.05) is 19.8 Å². The zero-order valence-corrected chi connectivity index (χ0v) is 10.4. The Morgan fingerprint density at radius 3 is 2.54 bits per heavy atom. The van der Waals surface area contributed by atoms with Crippen LogP contribution in [-0.2, 0) is 18.8 Å². The van der Waals surface area contributed by atoms with Gasteiger partial charge in [0.15, 0.2) is 0 Å². The predicted octanol–water partition coefficient (Wildman–Crippen LogP) is -3.05. The number of rotatable bonds is 7. The average Bonchev–Trinajstić information content (AvgIpc) is 2.01. The second-order valence-electron chi connectivity index (χ2n) is 1.88. The van der Waals surface area contributed by atoms with Gasteiger partial charge in [-0.05, 0) is 6.42 Å². The van der Waals surface area contributed by atoms with Gasteiger partial charge in [-0.25, -0.2) is 8.37 Å². The maximum absolute atomic E-state index is 10.7. The number of aliphatic hydroxyl groups is 1. The Balaban J connectivity index is -0.000000605. The van der Waals surface area contributed by atoms with Crippen molar-refractivity contribution in [3.8, 4) is 0 Å². The Kier molecular flexibility index (Phi) is 11.3. The molecular formula is C6H13NaO5S. The molecule has 0 fully saturated rings. The van der Waals surface area contributed by atoms with Gasteiger partial charge >= 0.3 is 40.0 Å². The molecule has 0 aliphatic rings. The fraction of sp³-hybridized carbons (Fsp3) is 0.667. The molecule has 0 atom stereocenters. The van der Waals surface area contributed by atoms with Gasteiger partial charge in [0.05, 0.1) is 13.2 Å². The summed E-state index contributed by atoms with van der Waals surface area (Å²) in [6.45, 7) is 2.98. The number of aliphatic hydroxyl groups excluding tert-OH is 1. The fourth-order valence-corrected chi connectivity index (χ4v) is 1.04. The largest absolute Gasteiger partial charge is 1.00 e. The van der Waals surface area contributed by atoms with Crippen LogP contribution in [0.1, 0.15) is 7.85 Å².